The molecule has 0 heteroatoms. The van der Waals surface area contributed by atoms with Crippen LogP contribution in [0, 0.1) is 12.3 Å². The molecule has 0 aromatic heterocycles. The Balaban J connectivity index is 2.92. The molecule has 0 saturated carbocycles. The average Bonchev–Trinajstić information content (AvgIpc) is 2.16. The van der Waals surface area contributed by atoms with E-state index in [1.807, 2.05) is 0 Å². The van der Waals surface area contributed by atoms with Crippen molar-refractivity contribution in [2.75, 3.05) is 0 Å². The highest BCUT2D eigenvalue weighted by molar-refractivity contribution is 5.08. The zero-order chi connectivity index (χ0) is 9.78. The summed E-state index contributed by atoms with van der Waals surface area (Å²) in [5.74, 6) is 2.51. The summed E-state index contributed by atoms with van der Waals surface area (Å²) in [6, 6.07) is 0. The van der Waals surface area contributed by atoms with E-state index in [1.165, 1.54) is 44.9 Å². The van der Waals surface area contributed by atoms with Gasteiger partial charge in [-0.2, -0.15) is 0 Å². The average molecular weight is 178 g/mol. The molecule has 0 aromatic carbocycles. The van der Waals surface area contributed by atoms with Crippen LogP contribution in [0.25, 0.3) is 0 Å². The second-order valence-electron chi connectivity index (χ2n) is 3.48. The highest BCUT2D eigenvalue weighted by Crippen LogP contribution is 2.08. The zero-order valence-electron chi connectivity index (χ0n) is 8.89. The summed E-state index contributed by atoms with van der Waals surface area (Å²) < 4.78 is 0. The maximum absolute atomic E-state index is 5.09. The van der Waals surface area contributed by atoms with Crippen LogP contribution in [0.1, 0.15) is 58.3 Å². The third-order valence-electron chi connectivity index (χ3n) is 2.19. The van der Waals surface area contributed by atoms with Crippen molar-refractivity contribution in [2.24, 2.45) is 0 Å². The van der Waals surface area contributed by atoms with E-state index in [2.05, 4.69) is 18.9 Å². The van der Waals surface area contributed by atoms with Crippen LogP contribution in [-0.4, -0.2) is 0 Å². The van der Waals surface area contributed by atoms with Gasteiger partial charge in [-0.05, 0) is 18.9 Å². The molecule has 0 N–H and O–H groups in total. The van der Waals surface area contributed by atoms with Crippen molar-refractivity contribution in [3.8, 4) is 12.3 Å². The van der Waals surface area contributed by atoms with Crippen LogP contribution >= 0.6 is 0 Å². The second kappa shape index (κ2) is 11.3. The quantitative estimate of drug-likeness (QED) is 0.383. The van der Waals surface area contributed by atoms with Gasteiger partial charge in [-0.3, -0.25) is 0 Å². The molecule has 0 nitrogen and oxygen atoms in total. The molecule has 0 heterocycles. The molecule has 0 aliphatic carbocycles. The van der Waals surface area contributed by atoms with Gasteiger partial charge in [-0.1, -0.05) is 57.4 Å². The van der Waals surface area contributed by atoms with Gasteiger partial charge in [-0.25, -0.2) is 0 Å². The van der Waals surface area contributed by atoms with E-state index in [4.69, 9.17) is 6.42 Å². The first-order valence-corrected chi connectivity index (χ1v) is 5.53. The van der Waals surface area contributed by atoms with Gasteiger partial charge >= 0.3 is 0 Å². The SMILES string of the molecule is C#CC=CCCCCCCCCC. The Hall–Kier alpha value is -0.700. The van der Waals surface area contributed by atoms with Gasteiger partial charge < -0.3 is 0 Å². The summed E-state index contributed by atoms with van der Waals surface area (Å²) in [7, 11) is 0. The lowest BCUT2D eigenvalue weighted by atomic mass is 10.1. The molecule has 74 valence electrons. The van der Waals surface area contributed by atoms with Gasteiger partial charge in [-0.15, -0.1) is 6.42 Å². The summed E-state index contributed by atoms with van der Waals surface area (Å²) in [5, 5.41) is 0. The molecule has 0 spiro atoms. The van der Waals surface area contributed by atoms with E-state index in [1.54, 1.807) is 6.08 Å². The van der Waals surface area contributed by atoms with Crippen LogP contribution < -0.4 is 0 Å². The minimum Gasteiger partial charge on any atom is -0.115 e. The maximum Gasteiger partial charge on any atom is -0.0162 e. The Morgan fingerprint density at radius 3 is 2.23 bits per heavy atom. The third-order valence-corrected chi connectivity index (χ3v) is 2.19. The predicted molar refractivity (Wildman–Crippen MR) is 60.6 cm³/mol. The highest BCUT2D eigenvalue weighted by atomic mass is 13.9. The van der Waals surface area contributed by atoms with Gasteiger partial charge in [0, 0.05) is 0 Å². The molecule has 13 heavy (non-hydrogen) atoms. The number of allylic oxidation sites excluding steroid dienone is 2. The molecule has 0 aliphatic rings. The predicted octanol–water partition coefficient (Wildman–Crippen LogP) is 4.32. The molecule has 0 amide bonds. The molecule has 0 aliphatic heterocycles. The topological polar surface area (TPSA) is 0 Å². The molecule has 0 aromatic rings. The largest absolute Gasteiger partial charge is 0.115 e. The van der Waals surface area contributed by atoms with E-state index < -0.39 is 0 Å². The Morgan fingerprint density at radius 1 is 1.00 bits per heavy atom. The second-order valence-corrected chi connectivity index (χ2v) is 3.48. The van der Waals surface area contributed by atoms with Crippen molar-refractivity contribution >= 4 is 0 Å². The molecular weight excluding hydrogens is 156 g/mol. The number of hydrogen-bond donors (Lipinski definition) is 0. The lowest BCUT2D eigenvalue weighted by Crippen LogP contribution is -1.78. The number of rotatable bonds is 8. The standard InChI is InChI=1S/C13H22/c1-3-5-7-9-11-13-12-10-8-6-4-2/h1,5,7H,4,6,8-13H2,2H3. The van der Waals surface area contributed by atoms with Gasteiger partial charge in [0.1, 0.15) is 0 Å². The van der Waals surface area contributed by atoms with Gasteiger partial charge in [0.25, 0.3) is 0 Å². The van der Waals surface area contributed by atoms with E-state index >= 15 is 0 Å². The Labute approximate surface area is 83.4 Å². The van der Waals surface area contributed by atoms with Crippen molar-refractivity contribution in [1.29, 1.82) is 0 Å². The lowest BCUT2D eigenvalue weighted by Gasteiger charge is -1.98. The third kappa shape index (κ3) is 11.3. The van der Waals surface area contributed by atoms with Crippen LogP contribution in [0.15, 0.2) is 12.2 Å². The fraction of sp³-hybridized carbons (Fsp3) is 0.692. The molecule has 0 fully saturated rings. The molecule has 0 radical (unpaired) electrons. The Morgan fingerprint density at radius 2 is 1.62 bits per heavy atom. The first-order chi connectivity index (χ1) is 6.41. The normalized spacial score (nSPS) is 10.5. The van der Waals surface area contributed by atoms with Crippen molar-refractivity contribution in [1.82, 2.24) is 0 Å². The number of terminal acetylenes is 1. The van der Waals surface area contributed by atoms with Gasteiger partial charge in [0.2, 0.25) is 0 Å². The molecule has 0 rings (SSSR count). The lowest BCUT2D eigenvalue weighted by molar-refractivity contribution is 0.592. The summed E-state index contributed by atoms with van der Waals surface area (Å²) in [4.78, 5) is 0. The van der Waals surface area contributed by atoms with E-state index in [0.29, 0.717) is 0 Å². The van der Waals surface area contributed by atoms with Crippen molar-refractivity contribution in [3.05, 3.63) is 12.2 Å². The van der Waals surface area contributed by atoms with Crippen LogP contribution in [0.5, 0.6) is 0 Å². The van der Waals surface area contributed by atoms with Crippen LogP contribution in [0.2, 0.25) is 0 Å². The van der Waals surface area contributed by atoms with Crippen LogP contribution in [-0.2, 0) is 0 Å². The Bertz CT molecular complexity index is 148. The summed E-state index contributed by atoms with van der Waals surface area (Å²) in [5.41, 5.74) is 0. The first-order valence-electron chi connectivity index (χ1n) is 5.53. The van der Waals surface area contributed by atoms with Crippen molar-refractivity contribution in [3.63, 3.8) is 0 Å². The molecule has 0 bridgehead atoms. The van der Waals surface area contributed by atoms with Crippen molar-refractivity contribution < 1.29 is 0 Å². The fourth-order valence-corrected chi connectivity index (χ4v) is 1.37. The monoisotopic (exact) mass is 178 g/mol. The fourth-order valence-electron chi connectivity index (χ4n) is 1.37. The van der Waals surface area contributed by atoms with Gasteiger partial charge in [0.05, 0.1) is 0 Å². The van der Waals surface area contributed by atoms with E-state index in [9.17, 15) is 0 Å². The van der Waals surface area contributed by atoms with E-state index in [-0.39, 0.29) is 0 Å². The first kappa shape index (κ1) is 12.3. The number of unbranched alkanes of at least 4 members (excludes halogenated alkanes) is 7. The minimum absolute atomic E-state index is 1.15. The summed E-state index contributed by atoms with van der Waals surface area (Å²) in [6.45, 7) is 2.25. The highest BCUT2D eigenvalue weighted by Gasteiger charge is 1.88. The van der Waals surface area contributed by atoms with Crippen LogP contribution in [0.4, 0.5) is 0 Å². The molecular formula is C13H22. The van der Waals surface area contributed by atoms with Crippen LogP contribution in [0.3, 0.4) is 0 Å². The zero-order valence-corrected chi connectivity index (χ0v) is 8.89. The summed E-state index contributed by atoms with van der Waals surface area (Å²) >= 11 is 0. The minimum atomic E-state index is 1.15. The smallest absolute Gasteiger partial charge is 0.0162 e. The Kier molecular flexibility index (Phi) is 10.7. The van der Waals surface area contributed by atoms with Crippen molar-refractivity contribution in [2.45, 2.75) is 58.3 Å². The number of hydrogen-bond acceptors (Lipinski definition) is 0. The molecule has 0 unspecified atom stereocenters. The molecule has 0 atom stereocenters. The van der Waals surface area contributed by atoms with E-state index in [0.717, 1.165) is 6.42 Å². The maximum atomic E-state index is 5.09. The van der Waals surface area contributed by atoms with Gasteiger partial charge in [0.15, 0.2) is 0 Å². The summed E-state index contributed by atoms with van der Waals surface area (Å²) in [6.07, 6.45) is 19.7. The molecule has 0 saturated heterocycles.